The van der Waals surface area contributed by atoms with Crippen LogP contribution in [0.5, 0.6) is 0 Å². The third-order valence-electron chi connectivity index (χ3n) is 3.50. The molecule has 0 aromatic heterocycles. The van der Waals surface area contributed by atoms with E-state index in [2.05, 4.69) is 40.4 Å². The zero-order valence-corrected chi connectivity index (χ0v) is 9.47. The number of fused-ring (bicyclic) bond motifs is 1. The fraction of sp³-hybridized carbons (Fsp3) is 0.429. The first kappa shape index (κ1) is 9.76. The third-order valence-corrected chi connectivity index (χ3v) is 3.50. The molecule has 83 valence electrons. The van der Waals surface area contributed by atoms with Crippen molar-refractivity contribution in [2.75, 3.05) is 11.4 Å². The molecule has 2 heteroatoms. The Morgan fingerprint density at radius 2 is 1.94 bits per heavy atom. The van der Waals surface area contributed by atoms with Gasteiger partial charge >= 0.3 is 0 Å². The van der Waals surface area contributed by atoms with Gasteiger partial charge in [-0.2, -0.15) is 0 Å². The Bertz CT molecular complexity index is 372. The maximum Gasteiger partial charge on any atom is 0.105 e. The summed E-state index contributed by atoms with van der Waals surface area (Å²) in [6.07, 6.45) is 10.3. The molecule has 1 unspecified atom stereocenters. The summed E-state index contributed by atoms with van der Waals surface area (Å²) in [5.74, 6) is 0. The highest BCUT2D eigenvalue weighted by Crippen LogP contribution is 2.29. The van der Waals surface area contributed by atoms with E-state index in [9.17, 15) is 0 Å². The van der Waals surface area contributed by atoms with Crippen LogP contribution in [0.4, 0.5) is 5.69 Å². The van der Waals surface area contributed by atoms with Crippen molar-refractivity contribution in [1.82, 2.24) is 4.90 Å². The lowest BCUT2D eigenvalue weighted by Crippen LogP contribution is -2.37. The molecular formula is C14H17N2. The van der Waals surface area contributed by atoms with Gasteiger partial charge < -0.3 is 9.80 Å². The first-order valence-electron chi connectivity index (χ1n) is 6.14. The summed E-state index contributed by atoms with van der Waals surface area (Å²) < 4.78 is 0. The van der Waals surface area contributed by atoms with Crippen LogP contribution in [0.2, 0.25) is 0 Å². The second-order valence-corrected chi connectivity index (χ2v) is 4.53. The van der Waals surface area contributed by atoms with Crippen molar-refractivity contribution in [2.45, 2.75) is 31.8 Å². The minimum Gasteiger partial charge on any atom is -0.356 e. The molecule has 0 saturated carbocycles. The van der Waals surface area contributed by atoms with Crippen molar-refractivity contribution >= 4 is 5.69 Å². The number of hydrogen-bond donors (Lipinski definition) is 0. The number of nitrogens with zero attached hydrogens (tertiary/aromatic N) is 2. The van der Waals surface area contributed by atoms with Crippen LogP contribution in [-0.2, 0) is 0 Å². The van der Waals surface area contributed by atoms with Gasteiger partial charge in [-0.05, 0) is 37.5 Å². The smallest absolute Gasteiger partial charge is 0.105 e. The van der Waals surface area contributed by atoms with Crippen molar-refractivity contribution < 1.29 is 0 Å². The standard InChI is InChI=1S/C14H17N2/c1-3-7-13(8-4-1)16-12-11-15-10-6-2-5-9-14(15)16/h3-4,7-8,11-12,14H,2,5-6,9-10H2. The molecule has 0 amide bonds. The van der Waals surface area contributed by atoms with E-state index in [0.29, 0.717) is 6.17 Å². The Labute approximate surface area is 97.2 Å². The van der Waals surface area contributed by atoms with E-state index in [1.807, 2.05) is 12.1 Å². The molecule has 1 aromatic rings. The van der Waals surface area contributed by atoms with Gasteiger partial charge in [-0.1, -0.05) is 18.6 Å². The number of benzene rings is 1. The van der Waals surface area contributed by atoms with Gasteiger partial charge in [-0.15, -0.1) is 0 Å². The summed E-state index contributed by atoms with van der Waals surface area (Å²) in [6.45, 7) is 1.20. The van der Waals surface area contributed by atoms with Gasteiger partial charge in [0.05, 0.1) is 0 Å². The lowest BCUT2D eigenvalue weighted by Gasteiger charge is -2.31. The molecule has 16 heavy (non-hydrogen) atoms. The normalized spacial score (nSPS) is 24.4. The zero-order chi connectivity index (χ0) is 10.8. The highest BCUT2D eigenvalue weighted by atomic mass is 15.4. The van der Waals surface area contributed by atoms with Crippen LogP contribution in [0.15, 0.2) is 36.7 Å². The predicted octanol–water partition coefficient (Wildman–Crippen LogP) is 2.98. The molecule has 1 radical (unpaired) electrons. The Morgan fingerprint density at radius 1 is 1.06 bits per heavy atom. The fourth-order valence-electron chi connectivity index (χ4n) is 2.65. The van der Waals surface area contributed by atoms with Crippen molar-refractivity contribution in [3.63, 3.8) is 0 Å². The van der Waals surface area contributed by atoms with E-state index in [1.54, 1.807) is 0 Å². The molecule has 3 rings (SSSR count). The Hall–Kier alpha value is -1.44. The molecular weight excluding hydrogens is 196 g/mol. The van der Waals surface area contributed by atoms with E-state index in [4.69, 9.17) is 0 Å². The molecule has 1 fully saturated rings. The Kier molecular flexibility index (Phi) is 2.56. The summed E-state index contributed by atoms with van der Waals surface area (Å²) in [7, 11) is 0. The Morgan fingerprint density at radius 3 is 2.81 bits per heavy atom. The van der Waals surface area contributed by atoms with Gasteiger partial charge in [0.25, 0.3) is 0 Å². The second kappa shape index (κ2) is 4.20. The quantitative estimate of drug-likeness (QED) is 0.707. The predicted molar refractivity (Wildman–Crippen MR) is 65.9 cm³/mol. The lowest BCUT2D eigenvalue weighted by atomic mass is 10.2. The fourth-order valence-corrected chi connectivity index (χ4v) is 2.65. The van der Waals surface area contributed by atoms with Crippen molar-refractivity contribution in [2.24, 2.45) is 0 Å². The molecule has 0 N–H and O–H groups in total. The van der Waals surface area contributed by atoms with Crippen molar-refractivity contribution in [3.8, 4) is 0 Å². The van der Waals surface area contributed by atoms with Crippen molar-refractivity contribution in [3.05, 3.63) is 42.7 Å². The van der Waals surface area contributed by atoms with E-state index in [1.165, 1.54) is 37.9 Å². The second-order valence-electron chi connectivity index (χ2n) is 4.53. The minimum absolute atomic E-state index is 0.546. The van der Waals surface area contributed by atoms with Crippen LogP contribution in [-0.4, -0.2) is 17.6 Å². The average molecular weight is 213 g/mol. The van der Waals surface area contributed by atoms with Gasteiger partial charge in [0.2, 0.25) is 0 Å². The van der Waals surface area contributed by atoms with Crippen molar-refractivity contribution in [1.29, 1.82) is 0 Å². The van der Waals surface area contributed by atoms with E-state index < -0.39 is 0 Å². The van der Waals surface area contributed by atoms with Crippen LogP contribution < -0.4 is 4.90 Å². The summed E-state index contributed by atoms with van der Waals surface area (Å²) in [5.41, 5.74) is 1.28. The van der Waals surface area contributed by atoms with Gasteiger partial charge in [0.15, 0.2) is 0 Å². The van der Waals surface area contributed by atoms with Gasteiger partial charge in [-0.25, -0.2) is 0 Å². The lowest BCUT2D eigenvalue weighted by molar-refractivity contribution is 0.306. The molecule has 2 heterocycles. The molecule has 0 aliphatic carbocycles. The number of anilines is 1. The number of hydrogen-bond acceptors (Lipinski definition) is 2. The largest absolute Gasteiger partial charge is 0.356 e. The van der Waals surface area contributed by atoms with Crippen LogP contribution in [0.25, 0.3) is 0 Å². The summed E-state index contributed by atoms with van der Waals surface area (Å²) in [5, 5.41) is 0. The third kappa shape index (κ3) is 1.69. The molecule has 2 aliphatic heterocycles. The maximum absolute atomic E-state index is 3.08. The first-order chi connectivity index (χ1) is 7.95. The van der Waals surface area contributed by atoms with Crippen LogP contribution in [0.3, 0.4) is 0 Å². The van der Waals surface area contributed by atoms with E-state index >= 15 is 0 Å². The molecule has 0 bridgehead atoms. The monoisotopic (exact) mass is 213 g/mol. The molecule has 1 saturated heterocycles. The van der Waals surface area contributed by atoms with Crippen LogP contribution in [0, 0.1) is 6.07 Å². The average Bonchev–Trinajstić information content (AvgIpc) is 2.60. The zero-order valence-electron chi connectivity index (χ0n) is 9.47. The van der Waals surface area contributed by atoms with Crippen LogP contribution in [0.1, 0.15) is 25.7 Å². The molecule has 2 aliphatic rings. The summed E-state index contributed by atoms with van der Waals surface area (Å²) in [6, 6.07) is 11.3. The Balaban J connectivity index is 1.84. The number of rotatable bonds is 1. The molecule has 1 atom stereocenters. The molecule has 2 nitrogen and oxygen atoms in total. The maximum atomic E-state index is 3.08. The minimum atomic E-state index is 0.546. The summed E-state index contributed by atoms with van der Waals surface area (Å²) in [4.78, 5) is 4.86. The molecule has 1 aromatic carbocycles. The van der Waals surface area contributed by atoms with Gasteiger partial charge in [-0.3, -0.25) is 0 Å². The van der Waals surface area contributed by atoms with E-state index in [-0.39, 0.29) is 0 Å². The highest BCUT2D eigenvalue weighted by Gasteiger charge is 2.27. The van der Waals surface area contributed by atoms with Crippen LogP contribution >= 0.6 is 0 Å². The molecule has 0 spiro atoms. The van der Waals surface area contributed by atoms with E-state index in [0.717, 1.165) is 0 Å². The first-order valence-corrected chi connectivity index (χ1v) is 6.14. The SMILES string of the molecule is [c]1ccc(N2C=CN3CCCCCC32)cc1. The highest BCUT2D eigenvalue weighted by molar-refractivity contribution is 5.51. The van der Waals surface area contributed by atoms with Gasteiger partial charge in [0, 0.05) is 24.6 Å². The topological polar surface area (TPSA) is 6.48 Å². The van der Waals surface area contributed by atoms with Gasteiger partial charge in [0.1, 0.15) is 6.17 Å². The summed E-state index contributed by atoms with van der Waals surface area (Å²) >= 11 is 0.